The van der Waals surface area contributed by atoms with Gasteiger partial charge in [0, 0.05) is 39.0 Å². The molecule has 1 amide bonds. The molecule has 2 N–H and O–H groups in total. The zero-order valence-corrected chi connectivity index (χ0v) is 34.4. The lowest BCUT2D eigenvalue weighted by atomic mass is 9.77. The summed E-state index contributed by atoms with van der Waals surface area (Å²) < 4.78 is 24.3. The van der Waals surface area contributed by atoms with Gasteiger partial charge in [0.1, 0.15) is 23.5 Å². The van der Waals surface area contributed by atoms with Crippen molar-refractivity contribution in [2.45, 2.75) is 174 Å². The first-order valence-electron chi connectivity index (χ1n) is 20.6. The van der Waals surface area contributed by atoms with Crippen molar-refractivity contribution in [3.8, 4) is 0 Å². The normalized spacial score (nSPS) is 41.3. The highest BCUT2D eigenvalue weighted by molar-refractivity contribution is 6.39. The number of hydrogen-bond donors (Lipinski definition) is 2. The predicted molar refractivity (Wildman–Crippen MR) is 205 cm³/mol. The number of methoxy groups -OCH3 is 2. The monoisotopic (exact) mass is 759 g/mol. The maximum atomic E-state index is 14.3. The SMILES string of the molecule is CC[C@@H]1/C=C(\C)C[C@H](C)CCC2O[C@@](C)(C(=O)C(=O)N3CCCC[C@H]3C(=O)O[C@H](/C(C)=C/[C@@H]3CC[C@@H](O)[C@H](OC)C3)[C@H](C)[C@@H](O)CC1=O)[C@H](C)C[C@@H]2OC. The van der Waals surface area contributed by atoms with E-state index in [0.29, 0.717) is 56.9 Å². The number of rotatable bonds is 5. The Morgan fingerprint density at radius 2 is 1.65 bits per heavy atom. The molecule has 0 radical (unpaired) electrons. The van der Waals surface area contributed by atoms with Gasteiger partial charge in [0.2, 0.25) is 0 Å². The molecule has 11 nitrogen and oxygen atoms in total. The summed E-state index contributed by atoms with van der Waals surface area (Å²) in [6.45, 7) is 13.7. The summed E-state index contributed by atoms with van der Waals surface area (Å²) in [7, 11) is 3.23. The lowest BCUT2D eigenvalue weighted by Gasteiger charge is -2.46. The molecule has 54 heavy (non-hydrogen) atoms. The van der Waals surface area contributed by atoms with Gasteiger partial charge < -0.3 is 34.1 Å². The van der Waals surface area contributed by atoms with Crippen molar-refractivity contribution in [2.75, 3.05) is 20.8 Å². The quantitative estimate of drug-likeness (QED) is 0.197. The number of amides is 1. The average Bonchev–Trinajstić information content (AvgIpc) is 3.15. The molecule has 1 aliphatic carbocycles. The van der Waals surface area contributed by atoms with E-state index < -0.39 is 59.6 Å². The lowest BCUT2D eigenvalue weighted by molar-refractivity contribution is -0.206. The number of carbonyl (C=O) groups excluding carboxylic acids is 4. The van der Waals surface area contributed by atoms with E-state index >= 15 is 0 Å². The molecule has 13 atom stereocenters. The molecule has 0 aromatic carbocycles. The molecule has 3 fully saturated rings. The van der Waals surface area contributed by atoms with Gasteiger partial charge in [-0.25, -0.2) is 4.79 Å². The Hall–Kier alpha value is -2.44. The molecule has 2 saturated heterocycles. The fraction of sp³-hybridized carbons (Fsp3) is 0.814. The third kappa shape index (κ3) is 10.5. The number of aliphatic hydroxyl groups excluding tert-OH is 2. The Labute approximate surface area is 323 Å². The molecular weight excluding hydrogens is 690 g/mol. The van der Waals surface area contributed by atoms with Crippen LogP contribution in [0.15, 0.2) is 23.3 Å². The zero-order chi connectivity index (χ0) is 39.9. The van der Waals surface area contributed by atoms with Crippen molar-refractivity contribution >= 4 is 23.4 Å². The number of ether oxygens (including phenoxy) is 4. The van der Waals surface area contributed by atoms with Crippen LogP contribution in [0.5, 0.6) is 0 Å². The van der Waals surface area contributed by atoms with Gasteiger partial charge in [-0.3, -0.25) is 14.4 Å². The number of cyclic esters (lactones) is 1. The minimum atomic E-state index is -1.40. The van der Waals surface area contributed by atoms with Crippen LogP contribution in [0.4, 0.5) is 0 Å². The van der Waals surface area contributed by atoms with Gasteiger partial charge in [-0.1, -0.05) is 45.4 Å². The lowest BCUT2D eigenvalue weighted by Crippen LogP contribution is -2.61. The van der Waals surface area contributed by atoms with E-state index in [1.807, 2.05) is 39.8 Å². The number of esters is 1. The van der Waals surface area contributed by atoms with E-state index in [-0.39, 0.29) is 54.6 Å². The number of fused-ring (bicyclic) bond motifs is 3. The predicted octanol–water partition coefficient (Wildman–Crippen LogP) is 5.92. The molecule has 0 aromatic rings. The number of hydrogen-bond acceptors (Lipinski definition) is 10. The van der Waals surface area contributed by atoms with Crippen molar-refractivity contribution < 1.29 is 48.3 Å². The van der Waals surface area contributed by atoms with Crippen LogP contribution in [0.3, 0.4) is 0 Å². The van der Waals surface area contributed by atoms with Crippen molar-refractivity contribution in [2.24, 2.45) is 29.6 Å². The first-order chi connectivity index (χ1) is 25.5. The number of carbonyl (C=O) groups is 4. The van der Waals surface area contributed by atoms with Gasteiger partial charge in [0.05, 0.1) is 30.5 Å². The number of ketones is 2. The first kappa shape index (κ1) is 44.3. The molecule has 3 heterocycles. The average molecular weight is 760 g/mol. The number of aliphatic hydroxyl groups is 2. The number of piperidine rings is 1. The molecule has 3 aliphatic heterocycles. The first-order valence-corrected chi connectivity index (χ1v) is 20.6. The topological polar surface area (TPSA) is 149 Å². The summed E-state index contributed by atoms with van der Waals surface area (Å²) in [5.74, 6) is -3.15. The van der Waals surface area contributed by atoms with Gasteiger partial charge >= 0.3 is 5.97 Å². The summed E-state index contributed by atoms with van der Waals surface area (Å²) >= 11 is 0. The van der Waals surface area contributed by atoms with Crippen LogP contribution < -0.4 is 0 Å². The van der Waals surface area contributed by atoms with Crippen LogP contribution in [0.2, 0.25) is 0 Å². The van der Waals surface area contributed by atoms with E-state index in [1.165, 1.54) is 4.90 Å². The Morgan fingerprint density at radius 1 is 0.944 bits per heavy atom. The van der Waals surface area contributed by atoms with Crippen LogP contribution in [0, 0.1) is 29.6 Å². The second kappa shape index (κ2) is 19.6. The molecule has 1 unspecified atom stereocenters. The highest BCUT2D eigenvalue weighted by atomic mass is 16.6. The number of nitrogens with zero attached hydrogens (tertiary/aromatic N) is 1. The molecular formula is C43H69NO10. The molecule has 4 aliphatic rings. The van der Waals surface area contributed by atoms with Gasteiger partial charge in [0.15, 0.2) is 0 Å². The van der Waals surface area contributed by atoms with Crippen molar-refractivity contribution in [1.29, 1.82) is 0 Å². The van der Waals surface area contributed by atoms with Gasteiger partial charge in [-0.05, 0) is 115 Å². The summed E-state index contributed by atoms with van der Waals surface area (Å²) in [6.07, 6.45) is 7.33. The summed E-state index contributed by atoms with van der Waals surface area (Å²) in [5, 5.41) is 22.0. The largest absolute Gasteiger partial charge is 0.456 e. The number of allylic oxidation sites excluding steroid dienone is 3. The molecule has 11 heteroatoms. The second-order valence-electron chi connectivity index (χ2n) is 17.2. The van der Waals surface area contributed by atoms with E-state index in [1.54, 1.807) is 28.1 Å². The van der Waals surface area contributed by atoms with E-state index in [4.69, 9.17) is 18.9 Å². The third-order valence-corrected chi connectivity index (χ3v) is 13.1. The van der Waals surface area contributed by atoms with Gasteiger partial charge in [-0.2, -0.15) is 0 Å². The van der Waals surface area contributed by atoms with Crippen molar-refractivity contribution in [3.63, 3.8) is 0 Å². The van der Waals surface area contributed by atoms with E-state index in [9.17, 15) is 29.4 Å². The molecule has 306 valence electrons. The highest BCUT2D eigenvalue weighted by Crippen LogP contribution is 2.39. The third-order valence-electron chi connectivity index (χ3n) is 13.1. The molecule has 4 rings (SSSR count). The standard InChI is InChI=1S/C43H69NO10/c1-10-31-20-26(3)19-25(2)14-17-36-38(52-9)22-28(5)43(7,54-36)40(48)41(49)44-18-12-11-13-32(44)42(50)53-39(29(6)34(46)24-35(31)47)27(4)21-30-15-16-33(45)37(23-30)51-8/h20-21,25,28-34,36-39,45-46H,10-19,22-24H2,1-9H3/b26-20+,27-21+/t25-,28-,29-,30+,31-,32+,33-,34+,36?,37-,38+,39-,43-/m1/s1. The molecule has 1 saturated carbocycles. The zero-order valence-electron chi connectivity index (χ0n) is 34.4. The fourth-order valence-electron chi connectivity index (χ4n) is 9.29. The van der Waals surface area contributed by atoms with Gasteiger partial charge in [-0.15, -0.1) is 0 Å². The van der Waals surface area contributed by atoms with Crippen molar-refractivity contribution in [3.05, 3.63) is 23.3 Å². The van der Waals surface area contributed by atoms with Crippen LogP contribution >= 0.6 is 0 Å². The Balaban J connectivity index is 1.73. The number of Topliss-reactive ketones (excluding diaryl/α,β-unsaturated/α-hetero) is 2. The van der Waals surface area contributed by atoms with Crippen LogP contribution in [0.25, 0.3) is 0 Å². The fourth-order valence-corrected chi connectivity index (χ4v) is 9.29. The summed E-state index contributed by atoms with van der Waals surface area (Å²) in [6, 6.07) is -0.989. The molecule has 2 bridgehead atoms. The highest BCUT2D eigenvalue weighted by Gasteiger charge is 2.53. The maximum absolute atomic E-state index is 14.3. The molecule has 0 spiro atoms. The van der Waals surface area contributed by atoms with E-state index in [0.717, 1.165) is 24.8 Å². The Morgan fingerprint density at radius 3 is 2.31 bits per heavy atom. The minimum Gasteiger partial charge on any atom is -0.456 e. The second-order valence-corrected chi connectivity index (χ2v) is 17.2. The van der Waals surface area contributed by atoms with Crippen LogP contribution in [-0.4, -0.2) is 108 Å². The Bertz CT molecular complexity index is 1380. The Kier molecular flexibility index (Phi) is 16.1. The summed E-state index contributed by atoms with van der Waals surface area (Å²) in [4.78, 5) is 57.9. The van der Waals surface area contributed by atoms with E-state index in [2.05, 4.69) is 6.92 Å². The minimum absolute atomic E-state index is 0.0401. The van der Waals surface area contributed by atoms with Crippen LogP contribution in [0.1, 0.15) is 126 Å². The van der Waals surface area contributed by atoms with Crippen molar-refractivity contribution in [1.82, 2.24) is 4.90 Å². The van der Waals surface area contributed by atoms with Gasteiger partial charge in [0.25, 0.3) is 11.7 Å². The smallest absolute Gasteiger partial charge is 0.329 e. The summed E-state index contributed by atoms with van der Waals surface area (Å²) in [5.41, 5.74) is 0.412. The molecule has 0 aromatic heterocycles. The maximum Gasteiger partial charge on any atom is 0.329 e. The van der Waals surface area contributed by atoms with Crippen LogP contribution in [-0.2, 0) is 38.1 Å².